The topological polar surface area (TPSA) is 35.2 Å². The van der Waals surface area contributed by atoms with Crippen LogP contribution in [0.4, 0.5) is 5.69 Å². The molecule has 0 saturated carbocycles. The highest BCUT2D eigenvalue weighted by Crippen LogP contribution is 2.24. The van der Waals surface area contributed by atoms with Gasteiger partial charge in [0.05, 0.1) is 17.4 Å². The molecular weight excluding hydrogens is 236 g/mol. The Balaban J connectivity index is 1.82. The Bertz CT molecular complexity index is 560. The number of hydrogen-bond donors (Lipinski definition) is 1. The number of anilines is 1. The minimum Gasteiger partial charge on any atom is -0.366 e. The molecular formula is C15H22N4. The lowest BCUT2D eigenvalue weighted by atomic mass is 10.1. The van der Waals surface area contributed by atoms with E-state index in [2.05, 4.69) is 58.7 Å². The van der Waals surface area contributed by atoms with Crippen LogP contribution in [0.5, 0.6) is 0 Å². The van der Waals surface area contributed by atoms with E-state index in [-0.39, 0.29) is 0 Å². The molecule has 4 nitrogen and oxygen atoms in total. The van der Waals surface area contributed by atoms with Gasteiger partial charge in [-0.15, -0.1) is 0 Å². The van der Waals surface area contributed by atoms with Crippen LogP contribution >= 0.6 is 0 Å². The fourth-order valence-electron chi connectivity index (χ4n) is 2.94. The first-order chi connectivity index (χ1) is 9.15. The fourth-order valence-corrected chi connectivity index (χ4v) is 2.94. The minimum absolute atomic E-state index is 0.552. The summed E-state index contributed by atoms with van der Waals surface area (Å²) in [7, 11) is 0. The number of nitrogens with one attached hydrogen (secondary N) is 1. The molecule has 1 saturated heterocycles. The van der Waals surface area contributed by atoms with Crippen LogP contribution in [0.3, 0.4) is 0 Å². The third kappa shape index (κ3) is 2.32. The van der Waals surface area contributed by atoms with Crippen molar-refractivity contribution in [3.8, 4) is 0 Å². The first-order valence-corrected chi connectivity index (χ1v) is 7.09. The molecule has 1 aromatic heterocycles. The lowest BCUT2D eigenvalue weighted by Gasteiger charge is -2.43. The average molecular weight is 258 g/mol. The molecule has 4 heteroatoms. The molecule has 1 aromatic carbocycles. The lowest BCUT2D eigenvalue weighted by molar-refractivity contribution is 0.185. The van der Waals surface area contributed by atoms with Gasteiger partial charge in [-0.25, -0.2) is 4.98 Å². The number of aromatic nitrogens is 2. The predicted octanol–water partition coefficient (Wildman–Crippen LogP) is 2.48. The summed E-state index contributed by atoms with van der Waals surface area (Å²) < 4.78 is 0. The zero-order valence-corrected chi connectivity index (χ0v) is 11.9. The number of piperazine rings is 1. The number of nitrogens with zero attached hydrogens (tertiary/aromatic N) is 3. The summed E-state index contributed by atoms with van der Waals surface area (Å²) in [5.74, 6) is 0. The first kappa shape index (κ1) is 12.5. The molecule has 3 rings (SSSR count). The van der Waals surface area contributed by atoms with Crippen LogP contribution in [0.2, 0.25) is 0 Å². The molecule has 1 atom stereocenters. The predicted molar refractivity (Wildman–Crippen MR) is 79.6 cm³/mol. The second-order valence-electron chi connectivity index (χ2n) is 5.74. The summed E-state index contributed by atoms with van der Waals surface area (Å²) in [6, 6.07) is 7.69. The maximum Gasteiger partial charge on any atom is 0.0931 e. The van der Waals surface area contributed by atoms with Gasteiger partial charge in [-0.2, -0.15) is 0 Å². The van der Waals surface area contributed by atoms with Crippen molar-refractivity contribution in [3.05, 3.63) is 24.5 Å². The van der Waals surface area contributed by atoms with E-state index >= 15 is 0 Å². The van der Waals surface area contributed by atoms with Crippen molar-refractivity contribution < 1.29 is 0 Å². The second-order valence-corrected chi connectivity index (χ2v) is 5.74. The van der Waals surface area contributed by atoms with Crippen molar-refractivity contribution in [1.82, 2.24) is 14.9 Å². The smallest absolute Gasteiger partial charge is 0.0931 e. The Morgan fingerprint density at radius 3 is 2.89 bits per heavy atom. The molecule has 1 aliphatic heterocycles. The maximum atomic E-state index is 4.28. The van der Waals surface area contributed by atoms with Crippen LogP contribution in [0.1, 0.15) is 20.8 Å². The van der Waals surface area contributed by atoms with Crippen LogP contribution in [0, 0.1) is 0 Å². The molecule has 0 radical (unpaired) electrons. The summed E-state index contributed by atoms with van der Waals surface area (Å²) in [6.45, 7) is 10.2. The Labute approximate surface area is 114 Å². The van der Waals surface area contributed by atoms with E-state index in [1.165, 1.54) is 5.69 Å². The van der Waals surface area contributed by atoms with E-state index in [4.69, 9.17) is 0 Å². The van der Waals surface area contributed by atoms with Gasteiger partial charge in [0.15, 0.2) is 0 Å². The van der Waals surface area contributed by atoms with Gasteiger partial charge in [-0.3, -0.25) is 4.90 Å². The summed E-state index contributed by atoms with van der Waals surface area (Å²) >= 11 is 0. The van der Waals surface area contributed by atoms with Gasteiger partial charge in [0.1, 0.15) is 0 Å². The van der Waals surface area contributed by atoms with Crippen LogP contribution in [0.15, 0.2) is 24.5 Å². The van der Waals surface area contributed by atoms with Crippen molar-refractivity contribution >= 4 is 16.7 Å². The van der Waals surface area contributed by atoms with Crippen molar-refractivity contribution in [2.45, 2.75) is 32.9 Å². The summed E-state index contributed by atoms with van der Waals surface area (Å²) in [5.41, 5.74) is 3.46. The average Bonchev–Trinajstić information content (AvgIpc) is 2.85. The number of fused-ring (bicyclic) bond motifs is 1. The van der Waals surface area contributed by atoms with Gasteiger partial charge >= 0.3 is 0 Å². The van der Waals surface area contributed by atoms with E-state index in [0.717, 1.165) is 30.7 Å². The quantitative estimate of drug-likeness (QED) is 0.899. The Morgan fingerprint density at radius 2 is 2.16 bits per heavy atom. The van der Waals surface area contributed by atoms with Crippen LogP contribution in [-0.2, 0) is 0 Å². The molecule has 1 aliphatic rings. The minimum atomic E-state index is 0.552. The zero-order valence-electron chi connectivity index (χ0n) is 11.9. The molecule has 0 unspecified atom stereocenters. The van der Waals surface area contributed by atoms with Gasteiger partial charge in [-0.05, 0) is 39.0 Å². The molecule has 0 bridgehead atoms. The normalized spacial score (nSPS) is 21.5. The van der Waals surface area contributed by atoms with E-state index < -0.39 is 0 Å². The standard InChI is InChI=1S/C15H22N4/c1-11(2)18-6-7-19(12(3)9-18)13-4-5-14-15(8-13)17-10-16-14/h4-5,8,10-12H,6-7,9H2,1-3H3,(H,16,17)/t12-/m0/s1. The highest BCUT2D eigenvalue weighted by Gasteiger charge is 2.25. The number of H-pyrrole nitrogens is 1. The van der Waals surface area contributed by atoms with Crippen molar-refractivity contribution in [1.29, 1.82) is 0 Å². The Kier molecular flexibility index (Phi) is 3.19. The monoisotopic (exact) mass is 258 g/mol. The number of aromatic amines is 1. The zero-order chi connectivity index (χ0) is 13.4. The SMILES string of the molecule is CC(C)N1CCN(c2ccc3nc[nH]c3c2)[C@@H](C)C1. The number of hydrogen-bond acceptors (Lipinski definition) is 3. The summed E-state index contributed by atoms with van der Waals surface area (Å²) in [5, 5.41) is 0. The van der Waals surface area contributed by atoms with Crippen molar-refractivity contribution in [2.24, 2.45) is 0 Å². The maximum absolute atomic E-state index is 4.28. The van der Waals surface area contributed by atoms with E-state index in [1.807, 2.05) is 0 Å². The molecule has 1 fully saturated rings. The largest absolute Gasteiger partial charge is 0.366 e. The molecule has 19 heavy (non-hydrogen) atoms. The van der Waals surface area contributed by atoms with Gasteiger partial charge < -0.3 is 9.88 Å². The first-order valence-electron chi connectivity index (χ1n) is 7.09. The van der Waals surface area contributed by atoms with Gasteiger partial charge in [0.25, 0.3) is 0 Å². The summed E-state index contributed by atoms with van der Waals surface area (Å²) in [4.78, 5) is 12.5. The fraction of sp³-hybridized carbons (Fsp3) is 0.533. The van der Waals surface area contributed by atoms with Gasteiger partial charge in [0, 0.05) is 37.4 Å². The van der Waals surface area contributed by atoms with Crippen LogP contribution in [0.25, 0.3) is 11.0 Å². The van der Waals surface area contributed by atoms with E-state index in [9.17, 15) is 0 Å². The lowest BCUT2D eigenvalue weighted by Crippen LogP contribution is -2.53. The van der Waals surface area contributed by atoms with Crippen LogP contribution < -0.4 is 4.90 Å². The molecule has 0 aliphatic carbocycles. The van der Waals surface area contributed by atoms with E-state index in [0.29, 0.717) is 12.1 Å². The van der Waals surface area contributed by atoms with Gasteiger partial charge in [0.2, 0.25) is 0 Å². The van der Waals surface area contributed by atoms with Crippen molar-refractivity contribution in [3.63, 3.8) is 0 Å². The van der Waals surface area contributed by atoms with Crippen LogP contribution in [-0.4, -0.2) is 46.6 Å². The van der Waals surface area contributed by atoms with Crippen molar-refractivity contribution in [2.75, 3.05) is 24.5 Å². The third-order valence-electron chi connectivity index (χ3n) is 4.12. The molecule has 2 heterocycles. The Morgan fingerprint density at radius 1 is 1.32 bits per heavy atom. The highest BCUT2D eigenvalue weighted by atomic mass is 15.3. The number of rotatable bonds is 2. The number of benzene rings is 1. The number of imidazole rings is 1. The second kappa shape index (κ2) is 4.85. The molecule has 2 aromatic rings. The summed E-state index contributed by atoms with van der Waals surface area (Å²) in [6.07, 6.45) is 1.76. The molecule has 1 N–H and O–H groups in total. The van der Waals surface area contributed by atoms with E-state index in [1.54, 1.807) is 6.33 Å². The molecule has 0 amide bonds. The highest BCUT2D eigenvalue weighted by molar-refractivity contribution is 5.79. The molecule has 0 spiro atoms. The van der Waals surface area contributed by atoms with Gasteiger partial charge in [-0.1, -0.05) is 0 Å². The molecule has 102 valence electrons. The third-order valence-corrected chi connectivity index (χ3v) is 4.12. The Hall–Kier alpha value is -1.55.